The van der Waals surface area contributed by atoms with Crippen LogP contribution in [0.1, 0.15) is 0 Å². The molecule has 0 aliphatic rings. The summed E-state index contributed by atoms with van der Waals surface area (Å²) in [5.41, 5.74) is -0.521. The van der Waals surface area contributed by atoms with E-state index in [2.05, 4.69) is 9.97 Å². The number of hydrogen-bond donors (Lipinski definition) is 1. The Morgan fingerprint density at radius 2 is 1.35 bits per heavy atom. The van der Waals surface area contributed by atoms with E-state index < -0.39 is 34.6 Å². The van der Waals surface area contributed by atoms with Crippen LogP contribution >= 0.6 is 0 Å². The molecule has 7 heteroatoms. The van der Waals surface area contributed by atoms with Crippen LogP contribution < -0.4 is 0 Å². The standard InChI is InChI=1S/C13H5F5N2/c14-5-1-8(17)12(9(18)2-5)13-19-10-3-6(15)7(16)4-11(10)20-13/h1-4H,(H,19,20). The quantitative estimate of drug-likeness (QED) is 0.674. The van der Waals surface area contributed by atoms with Crippen LogP contribution in [0.5, 0.6) is 0 Å². The van der Waals surface area contributed by atoms with Crippen LogP contribution in [0.3, 0.4) is 0 Å². The average Bonchev–Trinajstić information content (AvgIpc) is 2.70. The van der Waals surface area contributed by atoms with Gasteiger partial charge in [0.05, 0.1) is 16.6 Å². The topological polar surface area (TPSA) is 28.7 Å². The molecule has 0 aliphatic heterocycles. The van der Waals surface area contributed by atoms with Gasteiger partial charge < -0.3 is 4.98 Å². The third-order valence-electron chi connectivity index (χ3n) is 2.77. The molecule has 1 heterocycles. The molecule has 0 aliphatic carbocycles. The molecule has 2 nitrogen and oxygen atoms in total. The first kappa shape index (κ1) is 12.6. The number of hydrogen-bond acceptors (Lipinski definition) is 1. The second-order valence-electron chi connectivity index (χ2n) is 4.11. The van der Waals surface area contributed by atoms with E-state index >= 15 is 0 Å². The molecule has 20 heavy (non-hydrogen) atoms. The van der Waals surface area contributed by atoms with Crippen molar-refractivity contribution in [2.24, 2.45) is 0 Å². The van der Waals surface area contributed by atoms with Crippen molar-refractivity contribution in [1.82, 2.24) is 9.97 Å². The lowest BCUT2D eigenvalue weighted by Crippen LogP contribution is -1.93. The van der Waals surface area contributed by atoms with Crippen molar-refractivity contribution in [3.8, 4) is 11.4 Å². The van der Waals surface area contributed by atoms with E-state index in [0.29, 0.717) is 12.1 Å². The van der Waals surface area contributed by atoms with Crippen molar-refractivity contribution in [3.05, 3.63) is 53.4 Å². The second kappa shape index (κ2) is 4.29. The minimum atomic E-state index is -1.16. The Kier molecular flexibility index (Phi) is 2.70. The van der Waals surface area contributed by atoms with Crippen LogP contribution in [0.4, 0.5) is 22.0 Å². The molecule has 3 aromatic rings. The van der Waals surface area contributed by atoms with Crippen LogP contribution in [-0.2, 0) is 0 Å². The first-order chi connectivity index (χ1) is 9.45. The third kappa shape index (κ3) is 1.91. The Bertz CT molecular complexity index is 763. The molecule has 0 spiro atoms. The Balaban J connectivity index is 2.25. The lowest BCUT2D eigenvalue weighted by atomic mass is 10.2. The number of fused-ring (bicyclic) bond motifs is 1. The zero-order valence-corrected chi connectivity index (χ0v) is 9.65. The highest BCUT2D eigenvalue weighted by molar-refractivity contribution is 5.79. The fourth-order valence-electron chi connectivity index (χ4n) is 1.89. The number of aromatic nitrogens is 2. The van der Waals surface area contributed by atoms with Gasteiger partial charge in [0.2, 0.25) is 0 Å². The van der Waals surface area contributed by atoms with Gasteiger partial charge in [0.25, 0.3) is 0 Å². The van der Waals surface area contributed by atoms with Gasteiger partial charge in [-0.05, 0) is 0 Å². The van der Waals surface area contributed by atoms with Crippen molar-refractivity contribution >= 4 is 11.0 Å². The fraction of sp³-hybridized carbons (Fsp3) is 0. The number of imidazole rings is 1. The van der Waals surface area contributed by atoms with Gasteiger partial charge in [-0.25, -0.2) is 26.9 Å². The van der Waals surface area contributed by atoms with Gasteiger partial charge in [0, 0.05) is 24.3 Å². The van der Waals surface area contributed by atoms with Gasteiger partial charge in [-0.3, -0.25) is 0 Å². The van der Waals surface area contributed by atoms with E-state index in [4.69, 9.17) is 0 Å². The zero-order valence-electron chi connectivity index (χ0n) is 9.65. The fourth-order valence-corrected chi connectivity index (χ4v) is 1.89. The van der Waals surface area contributed by atoms with Crippen molar-refractivity contribution in [2.75, 3.05) is 0 Å². The van der Waals surface area contributed by atoms with Gasteiger partial charge in [-0.1, -0.05) is 0 Å². The molecular formula is C13H5F5N2. The molecule has 0 fully saturated rings. The summed E-state index contributed by atoms with van der Waals surface area (Å²) in [5, 5.41) is 0. The number of rotatable bonds is 1. The van der Waals surface area contributed by atoms with Crippen molar-refractivity contribution in [3.63, 3.8) is 0 Å². The number of nitrogens with zero attached hydrogens (tertiary/aromatic N) is 1. The largest absolute Gasteiger partial charge is 0.338 e. The Morgan fingerprint density at radius 1 is 0.750 bits per heavy atom. The average molecular weight is 284 g/mol. The molecule has 0 saturated heterocycles. The zero-order chi connectivity index (χ0) is 14.4. The molecule has 0 atom stereocenters. The molecule has 102 valence electrons. The van der Waals surface area contributed by atoms with E-state index in [0.717, 1.165) is 12.1 Å². The third-order valence-corrected chi connectivity index (χ3v) is 2.77. The molecule has 1 aromatic heterocycles. The maximum atomic E-state index is 13.6. The van der Waals surface area contributed by atoms with E-state index in [1.165, 1.54) is 0 Å². The van der Waals surface area contributed by atoms with E-state index in [9.17, 15) is 22.0 Å². The number of nitrogens with one attached hydrogen (secondary N) is 1. The molecule has 0 amide bonds. The summed E-state index contributed by atoms with van der Waals surface area (Å²) in [5.74, 6) is -5.93. The number of H-pyrrole nitrogens is 1. The summed E-state index contributed by atoms with van der Waals surface area (Å²) >= 11 is 0. The van der Waals surface area contributed by atoms with Crippen molar-refractivity contribution in [2.45, 2.75) is 0 Å². The van der Waals surface area contributed by atoms with E-state index in [1.807, 2.05) is 0 Å². The van der Waals surface area contributed by atoms with E-state index in [-0.39, 0.29) is 16.9 Å². The van der Waals surface area contributed by atoms with Crippen molar-refractivity contribution in [1.29, 1.82) is 0 Å². The summed E-state index contributed by atoms with van der Waals surface area (Å²) in [6.07, 6.45) is 0. The Hall–Kier alpha value is -2.44. The predicted molar refractivity (Wildman–Crippen MR) is 61.3 cm³/mol. The summed E-state index contributed by atoms with van der Waals surface area (Å²) in [6.45, 7) is 0. The summed E-state index contributed by atoms with van der Waals surface area (Å²) in [6, 6.07) is 2.60. The number of halogens is 5. The molecule has 0 unspecified atom stereocenters. The predicted octanol–water partition coefficient (Wildman–Crippen LogP) is 3.93. The lowest BCUT2D eigenvalue weighted by molar-refractivity contribution is 0.510. The molecular weight excluding hydrogens is 279 g/mol. The molecule has 0 radical (unpaired) electrons. The SMILES string of the molecule is Fc1cc(F)c(-c2nc3cc(F)c(F)cc3[nH]2)c(F)c1. The highest BCUT2D eigenvalue weighted by atomic mass is 19.2. The van der Waals surface area contributed by atoms with Gasteiger partial charge >= 0.3 is 0 Å². The normalized spacial score (nSPS) is 11.2. The first-order valence-electron chi connectivity index (χ1n) is 5.45. The number of benzene rings is 2. The van der Waals surface area contributed by atoms with Gasteiger partial charge in [0.15, 0.2) is 11.6 Å². The summed E-state index contributed by atoms with van der Waals surface area (Å²) < 4.78 is 66.1. The summed E-state index contributed by atoms with van der Waals surface area (Å²) in [4.78, 5) is 6.23. The van der Waals surface area contributed by atoms with Crippen LogP contribution in [0.25, 0.3) is 22.4 Å². The smallest absolute Gasteiger partial charge is 0.161 e. The van der Waals surface area contributed by atoms with Crippen LogP contribution in [-0.4, -0.2) is 9.97 Å². The van der Waals surface area contributed by atoms with Crippen LogP contribution in [0, 0.1) is 29.1 Å². The molecule has 1 N–H and O–H groups in total. The van der Waals surface area contributed by atoms with Gasteiger partial charge in [-0.2, -0.15) is 0 Å². The van der Waals surface area contributed by atoms with E-state index in [1.54, 1.807) is 0 Å². The van der Waals surface area contributed by atoms with Crippen LogP contribution in [0.15, 0.2) is 24.3 Å². The lowest BCUT2D eigenvalue weighted by Gasteiger charge is -2.01. The molecule has 0 saturated carbocycles. The minimum absolute atomic E-state index is 0.00188. The maximum absolute atomic E-state index is 13.6. The van der Waals surface area contributed by atoms with Crippen molar-refractivity contribution < 1.29 is 22.0 Å². The Morgan fingerprint density at radius 3 is 2.00 bits per heavy atom. The molecule has 3 rings (SSSR count). The highest BCUT2D eigenvalue weighted by Gasteiger charge is 2.18. The Labute approximate surface area is 108 Å². The molecule has 2 aromatic carbocycles. The van der Waals surface area contributed by atoms with Gasteiger partial charge in [-0.15, -0.1) is 0 Å². The first-order valence-corrected chi connectivity index (χ1v) is 5.45. The monoisotopic (exact) mass is 284 g/mol. The van der Waals surface area contributed by atoms with Gasteiger partial charge in [0.1, 0.15) is 23.3 Å². The molecule has 0 bridgehead atoms. The highest BCUT2D eigenvalue weighted by Crippen LogP contribution is 2.27. The van der Waals surface area contributed by atoms with Crippen LogP contribution in [0.2, 0.25) is 0 Å². The minimum Gasteiger partial charge on any atom is -0.338 e. The maximum Gasteiger partial charge on any atom is 0.161 e. The number of aromatic amines is 1. The summed E-state index contributed by atoms with van der Waals surface area (Å²) in [7, 11) is 0. The second-order valence-corrected chi connectivity index (χ2v) is 4.11.